The Bertz CT molecular complexity index is 559. The van der Waals surface area contributed by atoms with Crippen LogP contribution in [0.4, 0.5) is 4.39 Å². The van der Waals surface area contributed by atoms with Gasteiger partial charge in [-0.1, -0.05) is 12.1 Å². The highest BCUT2D eigenvalue weighted by atomic mass is 19.1. The van der Waals surface area contributed by atoms with E-state index in [-0.39, 0.29) is 17.8 Å². The van der Waals surface area contributed by atoms with Crippen molar-refractivity contribution in [1.82, 2.24) is 9.80 Å². The van der Waals surface area contributed by atoms with Gasteiger partial charge in [0.2, 0.25) is 5.91 Å². The van der Waals surface area contributed by atoms with Gasteiger partial charge in [-0.3, -0.25) is 4.79 Å². The second-order valence-corrected chi connectivity index (χ2v) is 7.61. The van der Waals surface area contributed by atoms with E-state index in [1.54, 1.807) is 19.2 Å². The monoisotopic (exact) mass is 394 g/mol. The van der Waals surface area contributed by atoms with Gasteiger partial charge in [0.15, 0.2) is 0 Å². The van der Waals surface area contributed by atoms with Crippen LogP contribution < -0.4 is 0 Å². The van der Waals surface area contributed by atoms with Gasteiger partial charge in [-0.2, -0.15) is 0 Å². The second-order valence-electron chi connectivity index (χ2n) is 7.61. The van der Waals surface area contributed by atoms with Gasteiger partial charge >= 0.3 is 0 Å². The zero-order valence-electron chi connectivity index (χ0n) is 17.4. The van der Waals surface area contributed by atoms with Crippen molar-refractivity contribution in [3.05, 3.63) is 35.6 Å². The van der Waals surface area contributed by atoms with E-state index in [4.69, 9.17) is 9.47 Å². The number of unbranched alkanes of at least 4 members (excludes halogenated alkanes) is 2. The number of carbonyl (C=O) groups is 1. The largest absolute Gasteiger partial charge is 0.383 e. The van der Waals surface area contributed by atoms with Crippen LogP contribution >= 0.6 is 0 Å². The molecule has 0 saturated carbocycles. The molecule has 1 heterocycles. The number of carbonyl (C=O) groups excluding carboxylic acids is 1. The summed E-state index contributed by atoms with van der Waals surface area (Å²) in [5.41, 5.74) is 0.859. The van der Waals surface area contributed by atoms with Crippen molar-refractivity contribution in [3.8, 4) is 0 Å². The molecule has 1 aliphatic rings. The van der Waals surface area contributed by atoms with Crippen molar-refractivity contribution in [2.24, 2.45) is 0 Å². The summed E-state index contributed by atoms with van der Waals surface area (Å²) in [6.45, 7) is 5.15. The van der Waals surface area contributed by atoms with Gasteiger partial charge in [-0.15, -0.1) is 0 Å². The third-order valence-corrected chi connectivity index (χ3v) is 5.28. The topological polar surface area (TPSA) is 42.0 Å². The van der Waals surface area contributed by atoms with Gasteiger partial charge in [-0.05, 0) is 63.4 Å². The molecule has 1 aromatic carbocycles. The number of benzene rings is 1. The summed E-state index contributed by atoms with van der Waals surface area (Å²) in [6.07, 6.45) is 5.84. The molecule has 158 valence electrons. The molecule has 1 aliphatic heterocycles. The number of likely N-dealkylation sites (tertiary alicyclic amines) is 1. The predicted octanol–water partition coefficient (Wildman–Crippen LogP) is 3.12. The average molecular weight is 395 g/mol. The molecule has 0 aliphatic carbocycles. The van der Waals surface area contributed by atoms with E-state index in [9.17, 15) is 9.18 Å². The lowest BCUT2D eigenvalue weighted by molar-refractivity contribution is -0.133. The molecular weight excluding hydrogens is 359 g/mol. The number of likely N-dealkylation sites (N-methyl/N-ethyl adjacent to an activating group) is 1. The number of nitrogens with zero attached hydrogens (tertiary/aromatic N) is 2. The fourth-order valence-electron chi connectivity index (χ4n) is 3.43. The van der Waals surface area contributed by atoms with E-state index >= 15 is 0 Å². The standard InChI is InChI=1S/C22H35FN2O3/c1-24(15-17-27-2)12-4-3-5-16-28-21-10-13-25(14-11-21)22(26)18-19-6-8-20(23)9-7-19/h6-9,21H,3-5,10-18H2,1-2H3. The summed E-state index contributed by atoms with van der Waals surface area (Å²) in [7, 11) is 3.86. The van der Waals surface area contributed by atoms with Crippen LogP contribution in [0.5, 0.6) is 0 Å². The lowest BCUT2D eigenvalue weighted by Gasteiger charge is -2.32. The molecular formula is C22H35FN2O3. The third-order valence-electron chi connectivity index (χ3n) is 5.28. The number of hydrogen-bond donors (Lipinski definition) is 0. The number of amides is 1. The summed E-state index contributed by atoms with van der Waals surface area (Å²) in [4.78, 5) is 16.6. The Hall–Kier alpha value is -1.50. The summed E-state index contributed by atoms with van der Waals surface area (Å²) in [6, 6.07) is 6.16. The fraction of sp³-hybridized carbons (Fsp3) is 0.682. The SMILES string of the molecule is COCCN(C)CCCCCOC1CCN(C(=O)Cc2ccc(F)cc2)CC1. The minimum atomic E-state index is -0.271. The van der Waals surface area contributed by atoms with Gasteiger partial charge in [-0.25, -0.2) is 4.39 Å². The van der Waals surface area contributed by atoms with Crippen LogP contribution in [0.1, 0.15) is 37.7 Å². The number of rotatable bonds is 12. The molecule has 2 rings (SSSR count). The molecule has 0 radical (unpaired) electrons. The Kier molecular flexibility index (Phi) is 10.5. The van der Waals surface area contributed by atoms with E-state index in [1.165, 1.54) is 25.0 Å². The van der Waals surface area contributed by atoms with Gasteiger partial charge in [0, 0.05) is 33.4 Å². The molecule has 0 spiro atoms. The first kappa shape index (κ1) is 22.8. The molecule has 6 heteroatoms. The molecule has 0 bridgehead atoms. The lowest BCUT2D eigenvalue weighted by atomic mass is 10.1. The number of halogens is 1. The Morgan fingerprint density at radius 3 is 2.50 bits per heavy atom. The van der Waals surface area contributed by atoms with Crippen molar-refractivity contribution < 1.29 is 18.7 Å². The van der Waals surface area contributed by atoms with E-state index in [1.807, 2.05) is 4.90 Å². The van der Waals surface area contributed by atoms with E-state index in [0.29, 0.717) is 6.42 Å². The summed E-state index contributed by atoms with van der Waals surface area (Å²) in [5, 5.41) is 0. The Balaban J connectivity index is 1.52. The van der Waals surface area contributed by atoms with Gasteiger partial charge in [0.05, 0.1) is 19.1 Å². The highest BCUT2D eigenvalue weighted by molar-refractivity contribution is 5.78. The summed E-state index contributed by atoms with van der Waals surface area (Å²) >= 11 is 0. The van der Waals surface area contributed by atoms with Crippen LogP contribution in [-0.4, -0.2) is 75.4 Å². The fourth-order valence-corrected chi connectivity index (χ4v) is 3.43. The smallest absolute Gasteiger partial charge is 0.226 e. The highest BCUT2D eigenvalue weighted by Gasteiger charge is 2.23. The van der Waals surface area contributed by atoms with Crippen molar-refractivity contribution in [1.29, 1.82) is 0 Å². The first-order valence-corrected chi connectivity index (χ1v) is 10.4. The molecule has 0 unspecified atom stereocenters. The van der Waals surface area contributed by atoms with E-state index < -0.39 is 0 Å². The van der Waals surface area contributed by atoms with Gasteiger partial charge in [0.1, 0.15) is 5.82 Å². The zero-order valence-corrected chi connectivity index (χ0v) is 17.4. The maximum Gasteiger partial charge on any atom is 0.226 e. The number of ether oxygens (including phenoxy) is 2. The van der Waals surface area contributed by atoms with E-state index in [2.05, 4.69) is 11.9 Å². The molecule has 28 heavy (non-hydrogen) atoms. The highest BCUT2D eigenvalue weighted by Crippen LogP contribution is 2.16. The van der Waals surface area contributed by atoms with Crippen molar-refractivity contribution in [3.63, 3.8) is 0 Å². The second kappa shape index (κ2) is 12.9. The Morgan fingerprint density at radius 1 is 1.11 bits per heavy atom. The van der Waals surface area contributed by atoms with Crippen LogP contribution in [0.3, 0.4) is 0 Å². The Morgan fingerprint density at radius 2 is 1.82 bits per heavy atom. The van der Waals surface area contributed by atoms with Crippen LogP contribution in [-0.2, 0) is 20.7 Å². The summed E-state index contributed by atoms with van der Waals surface area (Å²) in [5.74, 6) is -0.157. The number of methoxy groups -OCH3 is 1. The van der Waals surface area contributed by atoms with Gasteiger partial charge in [0.25, 0.3) is 0 Å². The van der Waals surface area contributed by atoms with E-state index in [0.717, 1.165) is 64.2 Å². The van der Waals surface area contributed by atoms with Crippen LogP contribution in [0.25, 0.3) is 0 Å². The van der Waals surface area contributed by atoms with Crippen LogP contribution in [0.15, 0.2) is 24.3 Å². The maximum atomic E-state index is 13.0. The van der Waals surface area contributed by atoms with Gasteiger partial charge < -0.3 is 19.3 Å². The molecule has 5 nitrogen and oxygen atoms in total. The minimum absolute atomic E-state index is 0.114. The Labute approximate surface area is 168 Å². The number of piperidine rings is 1. The molecule has 1 aromatic rings. The molecule has 0 N–H and O–H groups in total. The maximum absolute atomic E-state index is 13.0. The normalized spacial score (nSPS) is 15.4. The van der Waals surface area contributed by atoms with Crippen molar-refractivity contribution in [2.45, 2.75) is 44.6 Å². The predicted molar refractivity (Wildman–Crippen MR) is 109 cm³/mol. The third kappa shape index (κ3) is 8.67. The van der Waals surface area contributed by atoms with Crippen molar-refractivity contribution >= 4 is 5.91 Å². The first-order chi connectivity index (χ1) is 13.6. The van der Waals surface area contributed by atoms with Crippen LogP contribution in [0.2, 0.25) is 0 Å². The lowest BCUT2D eigenvalue weighted by Crippen LogP contribution is -2.41. The van der Waals surface area contributed by atoms with Crippen LogP contribution in [0, 0.1) is 5.82 Å². The number of hydrogen-bond acceptors (Lipinski definition) is 4. The quantitative estimate of drug-likeness (QED) is 0.511. The minimum Gasteiger partial charge on any atom is -0.383 e. The average Bonchev–Trinajstić information content (AvgIpc) is 2.71. The summed E-state index contributed by atoms with van der Waals surface area (Å²) < 4.78 is 24.0. The van der Waals surface area contributed by atoms with Crippen molar-refractivity contribution in [2.75, 3.05) is 53.6 Å². The zero-order chi connectivity index (χ0) is 20.2. The molecule has 1 amide bonds. The molecule has 0 aromatic heterocycles. The molecule has 1 fully saturated rings. The molecule has 1 saturated heterocycles. The molecule has 0 atom stereocenters. The first-order valence-electron chi connectivity index (χ1n) is 10.4.